The molecule has 2 aromatic carbocycles. The number of carbonyl (C=O) groups excluding carboxylic acids is 2. The quantitative estimate of drug-likeness (QED) is 0.144. The summed E-state index contributed by atoms with van der Waals surface area (Å²) in [6.07, 6.45) is 15.9. The zero-order valence-corrected chi connectivity index (χ0v) is 26.8. The van der Waals surface area contributed by atoms with Gasteiger partial charge in [-0.25, -0.2) is 9.59 Å². The molecule has 0 aliphatic carbocycles. The average molecular weight is 581 g/mol. The number of benzene rings is 2. The summed E-state index contributed by atoms with van der Waals surface area (Å²) in [5.74, 6) is 1.34. The standard InChI is InChI=1S/C36H56N2O4/c1-5-9-17-29-21-23-33(31(27-29)19-11-7-3)41-35(39)37-25-15-13-14-16-26-38-36(40)42-34-24-22-30(18-10-6-2)28-32(34)20-12-8-4/h21-24,27-28H,5-20,25-26H2,1-4H3,(H,37,39)(H,38,40). The SMILES string of the molecule is CCCCc1ccc(OC(=O)NCCCCCCNC(=O)Oc2ccc(CCCC)cc2CCCC)c(CCCC)c1. The third kappa shape index (κ3) is 14.2. The minimum atomic E-state index is -0.393. The molecule has 0 aliphatic heterocycles. The summed E-state index contributed by atoms with van der Waals surface area (Å²) in [5.41, 5.74) is 4.86. The molecule has 0 unspecified atom stereocenters. The second-order valence-corrected chi connectivity index (χ2v) is 11.3. The van der Waals surface area contributed by atoms with Crippen LogP contribution in [0.3, 0.4) is 0 Å². The van der Waals surface area contributed by atoms with Crippen molar-refractivity contribution in [1.29, 1.82) is 0 Å². The second kappa shape index (κ2) is 21.6. The van der Waals surface area contributed by atoms with Gasteiger partial charge in [0, 0.05) is 13.1 Å². The highest BCUT2D eigenvalue weighted by molar-refractivity contribution is 5.71. The summed E-state index contributed by atoms with van der Waals surface area (Å²) in [7, 11) is 0. The summed E-state index contributed by atoms with van der Waals surface area (Å²) < 4.78 is 11.3. The zero-order chi connectivity index (χ0) is 30.4. The molecule has 0 saturated carbocycles. The molecule has 42 heavy (non-hydrogen) atoms. The van der Waals surface area contributed by atoms with Gasteiger partial charge in [-0.1, -0.05) is 90.5 Å². The van der Waals surface area contributed by atoms with Crippen LogP contribution in [0.1, 0.15) is 127 Å². The summed E-state index contributed by atoms with van der Waals surface area (Å²) in [6.45, 7) is 9.89. The first-order chi connectivity index (χ1) is 20.5. The molecular weight excluding hydrogens is 524 g/mol. The fourth-order valence-corrected chi connectivity index (χ4v) is 4.92. The first-order valence-corrected chi connectivity index (χ1v) is 16.7. The van der Waals surface area contributed by atoms with Crippen LogP contribution in [0.25, 0.3) is 0 Å². The number of hydrogen-bond donors (Lipinski definition) is 2. The molecule has 0 radical (unpaired) electrons. The van der Waals surface area contributed by atoms with E-state index in [1.807, 2.05) is 12.1 Å². The maximum Gasteiger partial charge on any atom is 0.412 e. The lowest BCUT2D eigenvalue weighted by molar-refractivity contribution is 0.198. The van der Waals surface area contributed by atoms with Crippen LogP contribution in [-0.2, 0) is 25.7 Å². The van der Waals surface area contributed by atoms with E-state index >= 15 is 0 Å². The lowest BCUT2D eigenvalue weighted by Crippen LogP contribution is -2.28. The molecule has 234 valence electrons. The van der Waals surface area contributed by atoms with Gasteiger partial charge in [-0.3, -0.25) is 0 Å². The molecule has 0 spiro atoms. The zero-order valence-electron chi connectivity index (χ0n) is 26.8. The Morgan fingerprint density at radius 3 is 1.29 bits per heavy atom. The fourth-order valence-electron chi connectivity index (χ4n) is 4.92. The first kappa shape index (κ1) is 35.2. The van der Waals surface area contributed by atoms with Crippen LogP contribution in [0.2, 0.25) is 0 Å². The Kier molecular flexibility index (Phi) is 18.1. The Hall–Kier alpha value is -3.02. The van der Waals surface area contributed by atoms with Gasteiger partial charge in [0.05, 0.1) is 0 Å². The fraction of sp³-hybridized carbons (Fsp3) is 0.611. The lowest BCUT2D eigenvalue weighted by Gasteiger charge is -2.13. The summed E-state index contributed by atoms with van der Waals surface area (Å²) in [5, 5.41) is 5.77. The molecule has 0 saturated heterocycles. The van der Waals surface area contributed by atoms with Crippen LogP contribution in [0, 0.1) is 0 Å². The number of unbranched alkanes of at least 4 members (excludes halogenated alkanes) is 7. The number of carbonyl (C=O) groups is 2. The van der Waals surface area contributed by atoms with Crippen molar-refractivity contribution in [1.82, 2.24) is 10.6 Å². The van der Waals surface area contributed by atoms with Gasteiger partial charge in [0.15, 0.2) is 0 Å². The molecule has 2 N–H and O–H groups in total. The minimum absolute atomic E-state index is 0.393. The van der Waals surface area contributed by atoms with E-state index in [4.69, 9.17) is 9.47 Å². The van der Waals surface area contributed by atoms with Gasteiger partial charge in [0.1, 0.15) is 11.5 Å². The van der Waals surface area contributed by atoms with E-state index in [0.29, 0.717) is 24.6 Å². The molecule has 0 bridgehead atoms. The Bertz CT molecular complexity index is 969. The number of nitrogens with one attached hydrogen (secondary N) is 2. The second-order valence-electron chi connectivity index (χ2n) is 11.3. The summed E-state index contributed by atoms with van der Waals surface area (Å²) >= 11 is 0. The van der Waals surface area contributed by atoms with Gasteiger partial charge in [0.2, 0.25) is 0 Å². The lowest BCUT2D eigenvalue weighted by atomic mass is 10.0. The molecule has 2 rings (SSSR count). The number of aryl methyl sites for hydroxylation is 4. The maximum absolute atomic E-state index is 12.4. The highest BCUT2D eigenvalue weighted by Crippen LogP contribution is 2.25. The van der Waals surface area contributed by atoms with Crippen molar-refractivity contribution in [2.75, 3.05) is 13.1 Å². The van der Waals surface area contributed by atoms with E-state index in [1.165, 1.54) is 36.8 Å². The molecule has 6 nitrogen and oxygen atoms in total. The molecule has 6 heteroatoms. The monoisotopic (exact) mass is 580 g/mol. The van der Waals surface area contributed by atoms with Crippen molar-refractivity contribution in [2.45, 2.75) is 130 Å². The van der Waals surface area contributed by atoms with E-state index in [1.54, 1.807) is 0 Å². The Morgan fingerprint density at radius 2 is 0.905 bits per heavy atom. The van der Waals surface area contributed by atoms with E-state index in [2.05, 4.69) is 62.6 Å². The van der Waals surface area contributed by atoms with Crippen LogP contribution in [0.5, 0.6) is 11.5 Å². The third-order valence-corrected chi connectivity index (χ3v) is 7.53. The number of rotatable bonds is 21. The van der Waals surface area contributed by atoms with Crippen molar-refractivity contribution in [3.05, 3.63) is 58.7 Å². The molecule has 2 amide bonds. The third-order valence-electron chi connectivity index (χ3n) is 7.53. The highest BCUT2D eigenvalue weighted by atomic mass is 16.6. The topological polar surface area (TPSA) is 76.7 Å². The van der Waals surface area contributed by atoms with Crippen molar-refractivity contribution < 1.29 is 19.1 Å². The van der Waals surface area contributed by atoms with Gasteiger partial charge in [0.25, 0.3) is 0 Å². The Balaban J connectivity index is 1.65. The van der Waals surface area contributed by atoms with E-state index in [0.717, 1.165) is 88.2 Å². The average Bonchev–Trinajstić information content (AvgIpc) is 2.99. The Morgan fingerprint density at radius 1 is 0.524 bits per heavy atom. The smallest absolute Gasteiger partial charge is 0.410 e. The number of ether oxygens (including phenoxy) is 2. The van der Waals surface area contributed by atoms with Crippen LogP contribution >= 0.6 is 0 Å². The van der Waals surface area contributed by atoms with Crippen LogP contribution in [0.4, 0.5) is 9.59 Å². The highest BCUT2D eigenvalue weighted by Gasteiger charge is 2.12. The van der Waals surface area contributed by atoms with Gasteiger partial charge in [-0.2, -0.15) is 0 Å². The van der Waals surface area contributed by atoms with Crippen molar-refractivity contribution in [3.8, 4) is 11.5 Å². The van der Waals surface area contributed by atoms with Gasteiger partial charge in [-0.05, 0) is 98.6 Å². The van der Waals surface area contributed by atoms with Crippen molar-refractivity contribution >= 4 is 12.2 Å². The summed E-state index contributed by atoms with van der Waals surface area (Å²) in [4.78, 5) is 24.8. The number of hydrogen-bond acceptors (Lipinski definition) is 4. The predicted octanol–water partition coefficient (Wildman–Crippen LogP) is 9.49. The summed E-state index contributed by atoms with van der Waals surface area (Å²) in [6, 6.07) is 12.4. The largest absolute Gasteiger partial charge is 0.412 e. The van der Waals surface area contributed by atoms with E-state index < -0.39 is 12.2 Å². The van der Waals surface area contributed by atoms with E-state index in [-0.39, 0.29) is 0 Å². The molecule has 0 aliphatic rings. The molecule has 0 heterocycles. The van der Waals surface area contributed by atoms with Crippen molar-refractivity contribution in [2.24, 2.45) is 0 Å². The van der Waals surface area contributed by atoms with Crippen LogP contribution < -0.4 is 20.1 Å². The maximum atomic E-state index is 12.4. The molecule has 0 aromatic heterocycles. The van der Waals surface area contributed by atoms with E-state index in [9.17, 15) is 9.59 Å². The molecule has 2 aromatic rings. The van der Waals surface area contributed by atoms with Crippen LogP contribution in [-0.4, -0.2) is 25.3 Å². The van der Waals surface area contributed by atoms with Gasteiger partial charge in [-0.15, -0.1) is 0 Å². The first-order valence-electron chi connectivity index (χ1n) is 16.7. The normalized spacial score (nSPS) is 10.9. The van der Waals surface area contributed by atoms with Crippen LogP contribution in [0.15, 0.2) is 36.4 Å². The van der Waals surface area contributed by atoms with Gasteiger partial charge < -0.3 is 20.1 Å². The Labute approximate surface area is 255 Å². The molecule has 0 fully saturated rings. The predicted molar refractivity (Wildman–Crippen MR) is 174 cm³/mol. The number of amides is 2. The minimum Gasteiger partial charge on any atom is -0.410 e. The van der Waals surface area contributed by atoms with Crippen molar-refractivity contribution in [3.63, 3.8) is 0 Å². The van der Waals surface area contributed by atoms with Gasteiger partial charge >= 0.3 is 12.2 Å². The molecular formula is C36H56N2O4. The molecule has 0 atom stereocenters.